The molecule has 2 rings (SSSR count). The summed E-state index contributed by atoms with van der Waals surface area (Å²) in [7, 11) is 0. The van der Waals surface area contributed by atoms with Crippen LogP contribution in [0.1, 0.15) is 26.1 Å². The van der Waals surface area contributed by atoms with Crippen LogP contribution in [0.3, 0.4) is 0 Å². The fraction of sp³-hybridized carbons (Fsp3) is 0.500. The minimum atomic E-state index is 0.227. The molecule has 0 aliphatic carbocycles. The van der Waals surface area contributed by atoms with Crippen LogP contribution in [0, 0.1) is 5.92 Å². The van der Waals surface area contributed by atoms with Crippen LogP contribution in [-0.4, -0.2) is 21.3 Å². The predicted molar refractivity (Wildman–Crippen MR) is 70.0 cm³/mol. The molecular weight excluding hydrogens is 212 g/mol. The van der Waals surface area contributed by atoms with Crippen molar-refractivity contribution in [3.8, 4) is 0 Å². The Hall–Kier alpha value is -1.35. The van der Waals surface area contributed by atoms with Crippen molar-refractivity contribution in [1.82, 2.24) is 9.55 Å². The molecule has 0 atom stereocenters. The Morgan fingerprint density at radius 2 is 2.06 bits per heavy atom. The molecule has 0 amide bonds. The molecule has 0 bridgehead atoms. The highest BCUT2D eigenvalue weighted by Crippen LogP contribution is 2.18. The minimum absolute atomic E-state index is 0.227. The molecule has 92 valence electrons. The van der Waals surface area contributed by atoms with Crippen molar-refractivity contribution in [1.29, 1.82) is 0 Å². The quantitative estimate of drug-likeness (QED) is 0.860. The number of aliphatic hydroxyl groups excluding tert-OH is 1. The van der Waals surface area contributed by atoms with Gasteiger partial charge in [-0.2, -0.15) is 0 Å². The van der Waals surface area contributed by atoms with Crippen molar-refractivity contribution in [3.63, 3.8) is 0 Å². The number of imidazole rings is 1. The number of nitrogens with zero attached hydrogens (tertiary/aromatic N) is 2. The highest BCUT2D eigenvalue weighted by molar-refractivity contribution is 5.75. The monoisotopic (exact) mass is 232 g/mol. The van der Waals surface area contributed by atoms with Crippen molar-refractivity contribution < 1.29 is 5.11 Å². The molecule has 3 nitrogen and oxygen atoms in total. The van der Waals surface area contributed by atoms with Crippen LogP contribution < -0.4 is 0 Å². The molecule has 2 aromatic rings. The molecule has 0 saturated carbocycles. The van der Waals surface area contributed by atoms with E-state index < -0.39 is 0 Å². The summed E-state index contributed by atoms with van der Waals surface area (Å²) < 4.78 is 2.29. The van der Waals surface area contributed by atoms with Crippen LogP contribution in [0.15, 0.2) is 24.3 Å². The summed E-state index contributed by atoms with van der Waals surface area (Å²) in [6.07, 6.45) is 1.62. The summed E-state index contributed by atoms with van der Waals surface area (Å²) in [6.45, 7) is 5.64. The first-order valence-electron chi connectivity index (χ1n) is 6.27. The van der Waals surface area contributed by atoms with Crippen molar-refractivity contribution in [2.24, 2.45) is 5.92 Å². The molecule has 0 spiro atoms. The van der Waals surface area contributed by atoms with Crippen LogP contribution in [0.5, 0.6) is 0 Å². The van der Waals surface area contributed by atoms with E-state index in [1.54, 1.807) is 0 Å². The van der Waals surface area contributed by atoms with E-state index in [2.05, 4.69) is 41.6 Å². The molecule has 1 aromatic heterocycles. The smallest absolute Gasteiger partial charge is 0.109 e. The highest BCUT2D eigenvalue weighted by atomic mass is 16.2. The first-order chi connectivity index (χ1) is 8.22. The van der Waals surface area contributed by atoms with Crippen LogP contribution >= 0.6 is 0 Å². The van der Waals surface area contributed by atoms with E-state index in [1.807, 2.05) is 6.07 Å². The van der Waals surface area contributed by atoms with Gasteiger partial charge < -0.3 is 9.67 Å². The summed E-state index contributed by atoms with van der Waals surface area (Å²) in [6, 6.07) is 8.24. The fourth-order valence-electron chi connectivity index (χ4n) is 2.12. The third-order valence-corrected chi connectivity index (χ3v) is 2.84. The number of aliphatic hydroxyl groups is 1. The van der Waals surface area contributed by atoms with E-state index >= 15 is 0 Å². The Morgan fingerprint density at radius 1 is 1.29 bits per heavy atom. The lowest BCUT2D eigenvalue weighted by Gasteiger charge is -2.11. The van der Waals surface area contributed by atoms with Crippen LogP contribution in [-0.2, 0) is 13.0 Å². The predicted octanol–water partition coefficient (Wildman–Crippen LogP) is 2.62. The summed E-state index contributed by atoms with van der Waals surface area (Å²) in [4.78, 5) is 4.66. The Bertz CT molecular complexity index is 488. The van der Waals surface area contributed by atoms with E-state index in [1.165, 1.54) is 5.52 Å². The number of rotatable bonds is 5. The van der Waals surface area contributed by atoms with Crippen LogP contribution in [0.2, 0.25) is 0 Å². The minimum Gasteiger partial charge on any atom is -0.396 e. The summed E-state index contributed by atoms with van der Waals surface area (Å²) in [5.74, 6) is 1.69. The number of fused-ring (bicyclic) bond motifs is 1. The lowest BCUT2D eigenvalue weighted by Crippen LogP contribution is -2.09. The van der Waals surface area contributed by atoms with E-state index in [4.69, 9.17) is 5.11 Å². The molecule has 1 N–H and O–H groups in total. The van der Waals surface area contributed by atoms with Gasteiger partial charge in [-0.05, 0) is 24.5 Å². The number of aryl methyl sites for hydroxylation is 1. The number of aromatic nitrogens is 2. The van der Waals surface area contributed by atoms with Gasteiger partial charge in [0, 0.05) is 19.6 Å². The van der Waals surface area contributed by atoms with Crippen LogP contribution in [0.25, 0.3) is 11.0 Å². The Balaban J connectivity index is 2.41. The van der Waals surface area contributed by atoms with E-state index in [9.17, 15) is 0 Å². The van der Waals surface area contributed by atoms with Gasteiger partial charge in [-0.1, -0.05) is 26.0 Å². The van der Waals surface area contributed by atoms with Crippen LogP contribution in [0.4, 0.5) is 0 Å². The Morgan fingerprint density at radius 3 is 2.76 bits per heavy atom. The van der Waals surface area contributed by atoms with Crippen molar-refractivity contribution >= 4 is 11.0 Å². The second kappa shape index (κ2) is 5.32. The van der Waals surface area contributed by atoms with E-state index in [-0.39, 0.29) is 6.61 Å². The van der Waals surface area contributed by atoms with Gasteiger partial charge in [0.25, 0.3) is 0 Å². The lowest BCUT2D eigenvalue weighted by atomic mass is 10.2. The SMILES string of the molecule is CC(C)Cn1c(CCCO)nc2ccccc21. The number of hydrogen-bond donors (Lipinski definition) is 1. The van der Waals surface area contributed by atoms with Gasteiger partial charge in [0.2, 0.25) is 0 Å². The molecule has 0 fully saturated rings. The van der Waals surface area contributed by atoms with Gasteiger partial charge in [-0.25, -0.2) is 4.98 Å². The van der Waals surface area contributed by atoms with E-state index in [0.29, 0.717) is 5.92 Å². The average Bonchev–Trinajstić information content (AvgIpc) is 2.64. The zero-order chi connectivity index (χ0) is 12.3. The topological polar surface area (TPSA) is 38.0 Å². The molecule has 1 heterocycles. The molecule has 1 aromatic carbocycles. The first kappa shape index (κ1) is 12.1. The molecule has 0 aliphatic heterocycles. The van der Waals surface area contributed by atoms with Gasteiger partial charge in [-0.3, -0.25) is 0 Å². The third-order valence-electron chi connectivity index (χ3n) is 2.84. The number of benzene rings is 1. The van der Waals surface area contributed by atoms with Crippen molar-refractivity contribution in [2.45, 2.75) is 33.2 Å². The fourth-order valence-corrected chi connectivity index (χ4v) is 2.12. The molecule has 17 heavy (non-hydrogen) atoms. The van der Waals surface area contributed by atoms with Crippen molar-refractivity contribution in [3.05, 3.63) is 30.1 Å². The summed E-state index contributed by atoms with van der Waals surface area (Å²) in [5.41, 5.74) is 2.26. The maximum absolute atomic E-state index is 8.94. The molecule has 0 saturated heterocycles. The van der Waals surface area contributed by atoms with Gasteiger partial charge >= 0.3 is 0 Å². The van der Waals surface area contributed by atoms with Gasteiger partial charge in [0.1, 0.15) is 5.82 Å². The standard InChI is InChI=1S/C14H20N2O/c1-11(2)10-16-13-7-4-3-6-12(13)15-14(16)8-5-9-17/h3-4,6-7,11,17H,5,8-10H2,1-2H3. The second-order valence-corrected chi connectivity index (χ2v) is 4.85. The van der Waals surface area contributed by atoms with Gasteiger partial charge in [-0.15, -0.1) is 0 Å². The average molecular weight is 232 g/mol. The number of para-hydroxylation sites is 2. The largest absolute Gasteiger partial charge is 0.396 e. The van der Waals surface area contributed by atoms with Gasteiger partial charge in [0.05, 0.1) is 11.0 Å². The molecule has 0 unspecified atom stereocenters. The third kappa shape index (κ3) is 2.67. The zero-order valence-corrected chi connectivity index (χ0v) is 10.6. The molecular formula is C14H20N2O. The molecule has 0 radical (unpaired) electrons. The Labute approximate surface area is 102 Å². The zero-order valence-electron chi connectivity index (χ0n) is 10.6. The highest BCUT2D eigenvalue weighted by Gasteiger charge is 2.10. The normalized spacial score (nSPS) is 11.5. The maximum atomic E-state index is 8.94. The van der Waals surface area contributed by atoms with Gasteiger partial charge in [0.15, 0.2) is 0 Å². The molecule has 3 heteroatoms. The van der Waals surface area contributed by atoms with Crippen molar-refractivity contribution in [2.75, 3.05) is 6.61 Å². The maximum Gasteiger partial charge on any atom is 0.109 e. The summed E-state index contributed by atoms with van der Waals surface area (Å²) >= 11 is 0. The number of hydrogen-bond acceptors (Lipinski definition) is 2. The Kier molecular flexibility index (Phi) is 3.79. The first-order valence-corrected chi connectivity index (χ1v) is 6.27. The van der Waals surface area contributed by atoms with E-state index in [0.717, 1.165) is 30.7 Å². The summed E-state index contributed by atoms with van der Waals surface area (Å²) in [5, 5.41) is 8.94. The second-order valence-electron chi connectivity index (χ2n) is 4.85. The molecule has 0 aliphatic rings. The lowest BCUT2D eigenvalue weighted by molar-refractivity contribution is 0.286.